The van der Waals surface area contributed by atoms with E-state index in [0.29, 0.717) is 46.7 Å². The van der Waals surface area contributed by atoms with Gasteiger partial charge in [0.25, 0.3) is 11.8 Å². The number of pyridine rings is 1. The molecule has 2 aliphatic rings. The Kier molecular flexibility index (Phi) is 6.01. The lowest BCUT2D eigenvalue weighted by molar-refractivity contribution is 0.0526. The van der Waals surface area contributed by atoms with Crippen molar-refractivity contribution in [1.29, 1.82) is 0 Å². The summed E-state index contributed by atoms with van der Waals surface area (Å²) in [5.41, 5.74) is 3.16. The van der Waals surface area contributed by atoms with Crippen LogP contribution in [0.2, 0.25) is 0 Å². The lowest BCUT2D eigenvalue weighted by Gasteiger charge is -2.30. The summed E-state index contributed by atoms with van der Waals surface area (Å²) in [4.78, 5) is 45.3. The van der Waals surface area contributed by atoms with Gasteiger partial charge in [-0.05, 0) is 50.1 Å². The molecule has 34 heavy (non-hydrogen) atoms. The van der Waals surface area contributed by atoms with E-state index >= 15 is 0 Å². The molecular weight excluding hydrogens is 430 g/mol. The van der Waals surface area contributed by atoms with Crippen molar-refractivity contribution in [2.75, 3.05) is 11.9 Å². The third-order valence-corrected chi connectivity index (χ3v) is 6.68. The Hall–Kier alpha value is -3.74. The standard InChI is InChI=1S/C27H27N3O4/c1-2-34-27(33)17-12-14-18(15-13-17)28-25(31)23-20-10-6-7-11-22(20)29-24-21(23)16-30(26(24)32)19-8-4-3-5-9-19/h6-7,10-15,19H,2-5,8-9,16H2,1H3,(H,28,31). The Balaban J connectivity index is 1.48. The van der Waals surface area contributed by atoms with Crippen LogP contribution in [-0.2, 0) is 11.3 Å². The zero-order valence-electron chi connectivity index (χ0n) is 19.2. The summed E-state index contributed by atoms with van der Waals surface area (Å²) in [6.07, 6.45) is 5.43. The largest absolute Gasteiger partial charge is 0.462 e. The number of carbonyl (C=O) groups excluding carboxylic acids is 3. The zero-order valence-corrected chi connectivity index (χ0v) is 19.2. The average molecular weight is 458 g/mol. The van der Waals surface area contributed by atoms with Crippen LogP contribution in [0.4, 0.5) is 5.69 Å². The summed E-state index contributed by atoms with van der Waals surface area (Å²) in [5, 5.41) is 3.66. The van der Waals surface area contributed by atoms with E-state index in [4.69, 9.17) is 4.74 Å². The second-order valence-corrected chi connectivity index (χ2v) is 8.81. The molecular formula is C27H27N3O4. The van der Waals surface area contributed by atoms with Gasteiger partial charge < -0.3 is 15.0 Å². The number of nitrogens with zero attached hydrogens (tertiary/aromatic N) is 2. The van der Waals surface area contributed by atoms with Gasteiger partial charge in [-0.2, -0.15) is 0 Å². The molecule has 1 aromatic heterocycles. The normalized spacial score (nSPS) is 15.9. The number of esters is 1. The van der Waals surface area contributed by atoms with Gasteiger partial charge in [0.15, 0.2) is 0 Å². The molecule has 1 aliphatic heterocycles. The molecule has 0 radical (unpaired) electrons. The highest BCUT2D eigenvalue weighted by Gasteiger charge is 2.38. The second-order valence-electron chi connectivity index (χ2n) is 8.81. The van der Waals surface area contributed by atoms with Gasteiger partial charge in [-0.3, -0.25) is 9.59 Å². The molecule has 0 bridgehead atoms. The first-order valence-corrected chi connectivity index (χ1v) is 11.9. The minimum atomic E-state index is -0.403. The molecule has 3 aromatic rings. The highest BCUT2D eigenvalue weighted by molar-refractivity contribution is 6.16. The van der Waals surface area contributed by atoms with Crippen molar-refractivity contribution < 1.29 is 19.1 Å². The maximum Gasteiger partial charge on any atom is 0.338 e. The van der Waals surface area contributed by atoms with Crippen molar-refractivity contribution in [2.45, 2.75) is 51.6 Å². The van der Waals surface area contributed by atoms with Gasteiger partial charge >= 0.3 is 5.97 Å². The van der Waals surface area contributed by atoms with Crippen molar-refractivity contribution >= 4 is 34.4 Å². The maximum atomic E-state index is 13.5. The quantitative estimate of drug-likeness (QED) is 0.548. The summed E-state index contributed by atoms with van der Waals surface area (Å²) in [6.45, 7) is 2.46. The van der Waals surface area contributed by atoms with Gasteiger partial charge in [-0.25, -0.2) is 9.78 Å². The SMILES string of the molecule is CCOC(=O)c1ccc(NC(=O)c2c3c(nc4ccccc24)C(=O)N(C2CCCCC2)C3)cc1. The van der Waals surface area contributed by atoms with Crippen molar-refractivity contribution in [3.63, 3.8) is 0 Å². The van der Waals surface area contributed by atoms with Crippen LogP contribution in [0, 0.1) is 0 Å². The first-order valence-electron chi connectivity index (χ1n) is 11.9. The van der Waals surface area contributed by atoms with Gasteiger partial charge in [0, 0.05) is 29.2 Å². The molecule has 1 saturated carbocycles. The van der Waals surface area contributed by atoms with Crippen LogP contribution in [0.5, 0.6) is 0 Å². The lowest BCUT2D eigenvalue weighted by atomic mass is 9.94. The van der Waals surface area contributed by atoms with Gasteiger partial charge in [0.2, 0.25) is 0 Å². The Morgan fingerprint density at radius 1 is 1.06 bits per heavy atom. The molecule has 0 atom stereocenters. The molecule has 2 heterocycles. The molecule has 5 rings (SSSR count). The topological polar surface area (TPSA) is 88.6 Å². The highest BCUT2D eigenvalue weighted by Crippen LogP contribution is 2.35. The number of hydrogen-bond acceptors (Lipinski definition) is 5. The number of ether oxygens (including phenoxy) is 1. The predicted octanol–water partition coefficient (Wildman–Crippen LogP) is 4.95. The average Bonchev–Trinajstić information content (AvgIpc) is 3.19. The summed E-state index contributed by atoms with van der Waals surface area (Å²) in [5.74, 6) is -0.780. The fraction of sp³-hybridized carbons (Fsp3) is 0.333. The molecule has 1 aliphatic carbocycles. The van der Waals surface area contributed by atoms with Crippen LogP contribution in [0.15, 0.2) is 48.5 Å². The fourth-order valence-corrected chi connectivity index (χ4v) is 5.01. The predicted molar refractivity (Wildman–Crippen MR) is 129 cm³/mol. The number of amides is 2. The summed E-state index contributed by atoms with van der Waals surface area (Å²) in [6, 6.07) is 14.2. The van der Waals surface area contributed by atoms with Crippen molar-refractivity contribution in [3.05, 3.63) is 70.9 Å². The number of carbonyl (C=O) groups is 3. The first kappa shape index (κ1) is 22.1. The molecule has 7 heteroatoms. The smallest absolute Gasteiger partial charge is 0.338 e. The summed E-state index contributed by atoms with van der Waals surface area (Å²) < 4.78 is 5.02. The van der Waals surface area contributed by atoms with Crippen LogP contribution >= 0.6 is 0 Å². The van der Waals surface area contributed by atoms with Gasteiger partial charge in [-0.15, -0.1) is 0 Å². The number of anilines is 1. The number of benzene rings is 2. The number of fused-ring (bicyclic) bond motifs is 2. The Bertz CT molecular complexity index is 1260. The minimum Gasteiger partial charge on any atom is -0.462 e. The van der Waals surface area contributed by atoms with Crippen LogP contribution in [-0.4, -0.2) is 40.3 Å². The minimum absolute atomic E-state index is 0.0829. The number of rotatable bonds is 5. The Labute approximate surface area is 198 Å². The highest BCUT2D eigenvalue weighted by atomic mass is 16.5. The number of nitrogens with one attached hydrogen (secondary N) is 1. The van der Waals surface area contributed by atoms with E-state index in [0.717, 1.165) is 31.1 Å². The molecule has 0 unspecified atom stereocenters. The second kappa shape index (κ2) is 9.25. The Morgan fingerprint density at radius 3 is 2.53 bits per heavy atom. The molecule has 0 saturated heterocycles. The van der Waals surface area contributed by atoms with E-state index in [1.165, 1.54) is 6.42 Å². The van der Waals surface area contributed by atoms with Gasteiger partial charge in [0.05, 0.1) is 23.3 Å². The number of aromatic nitrogens is 1. The van der Waals surface area contributed by atoms with Gasteiger partial charge in [0.1, 0.15) is 5.69 Å². The van der Waals surface area contributed by atoms with E-state index in [1.54, 1.807) is 31.2 Å². The molecule has 174 valence electrons. The van der Waals surface area contributed by atoms with Crippen LogP contribution in [0.25, 0.3) is 10.9 Å². The van der Waals surface area contributed by atoms with Crippen molar-refractivity contribution in [1.82, 2.24) is 9.88 Å². The first-order chi connectivity index (χ1) is 16.6. The van der Waals surface area contributed by atoms with E-state index in [2.05, 4.69) is 10.3 Å². The van der Waals surface area contributed by atoms with Crippen LogP contribution in [0.3, 0.4) is 0 Å². The van der Waals surface area contributed by atoms with E-state index in [9.17, 15) is 14.4 Å². The number of hydrogen-bond donors (Lipinski definition) is 1. The molecule has 2 aromatic carbocycles. The Morgan fingerprint density at radius 2 is 1.79 bits per heavy atom. The van der Waals surface area contributed by atoms with Crippen LogP contribution < -0.4 is 5.32 Å². The van der Waals surface area contributed by atoms with Crippen molar-refractivity contribution in [2.24, 2.45) is 0 Å². The summed E-state index contributed by atoms with van der Waals surface area (Å²) >= 11 is 0. The molecule has 1 fully saturated rings. The maximum absolute atomic E-state index is 13.5. The van der Waals surface area contributed by atoms with Crippen molar-refractivity contribution in [3.8, 4) is 0 Å². The van der Waals surface area contributed by atoms with E-state index in [-0.39, 0.29) is 17.9 Å². The molecule has 2 amide bonds. The van der Waals surface area contributed by atoms with E-state index < -0.39 is 5.97 Å². The number of para-hydroxylation sites is 1. The molecule has 0 spiro atoms. The molecule has 7 nitrogen and oxygen atoms in total. The van der Waals surface area contributed by atoms with E-state index in [1.807, 2.05) is 29.2 Å². The van der Waals surface area contributed by atoms with Crippen LogP contribution in [0.1, 0.15) is 75.8 Å². The van der Waals surface area contributed by atoms with Gasteiger partial charge in [-0.1, -0.05) is 37.5 Å². The lowest BCUT2D eigenvalue weighted by Crippen LogP contribution is -2.37. The third kappa shape index (κ3) is 4.02. The zero-order chi connectivity index (χ0) is 23.7. The molecule has 1 N–H and O–H groups in total. The summed E-state index contributed by atoms with van der Waals surface area (Å²) in [7, 11) is 0. The fourth-order valence-electron chi connectivity index (χ4n) is 5.01. The monoisotopic (exact) mass is 457 g/mol. The third-order valence-electron chi connectivity index (χ3n) is 6.68.